The van der Waals surface area contributed by atoms with Gasteiger partial charge in [-0.1, -0.05) is 138 Å². The largest absolute Gasteiger partial charge is 0.457 e. The minimum Gasteiger partial charge on any atom is -0.457 e. The highest BCUT2D eigenvalue weighted by atomic mass is 35.5. The van der Waals surface area contributed by atoms with Gasteiger partial charge in [0.05, 0.1) is 5.56 Å². The lowest BCUT2D eigenvalue weighted by Gasteiger charge is -2.49. The van der Waals surface area contributed by atoms with Crippen LogP contribution in [0.3, 0.4) is 0 Å². The molecule has 6 rings (SSSR count). The Morgan fingerprint density at radius 3 is 1.88 bits per heavy atom. The van der Waals surface area contributed by atoms with Gasteiger partial charge in [-0.2, -0.15) is 0 Å². The lowest BCUT2D eigenvalue weighted by atomic mass is 10.0. The highest BCUT2D eigenvalue weighted by Crippen LogP contribution is 2.42. The van der Waals surface area contributed by atoms with Crippen molar-refractivity contribution >= 4 is 70.4 Å². The molecule has 2 amide bonds. The summed E-state index contributed by atoms with van der Waals surface area (Å²) in [5.74, 6) is -3.81. The van der Waals surface area contributed by atoms with Gasteiger partial charge >= 0.3 is 17.9 Å². The van der Waals surface area contributed by atoms with E-state index in [9.17, 15) is 24.0 Å². The first kappa shape index (κ1) is 36.4. The Balaban J connectivity index is 1.28. The van der Waals surface area contributed by atoms with Crippen molar-refractivity contribution in [2.45, 2.75) is 22.4 Å². The Morgan fingerprint density at radius 2 is 1.33 bits per heavy atom. The molecule has 4 aromatic carbocycles. The number of esters is 2. The monoisotopic (exact) mass is 757 g/mol. The zero-order chi connectivity index (χ0) is 36.6. The number of hydrogen-bond donors (Lipinski definition) is 1. The second kappa shape index (κ2) is 16.7. The lowest BCUT2D eigenvalue weighted by molar-refractivity contribution is -0.154. The molecule has 1 saturated heterocycles. The summed E-state index contributed by atoms with van der Waals surface area (Å²) in [4.78, 5) is 70.9. The maximum atomic E-state index is 14.2. The predicted molar refractivity (Wildman–Crippen MR) is 194 cm³/mol. The summed E-state index contributed by atoms with van der Waals surface area (Å²) in [7, 11) is 0. The molecule has 264 valence electrons. The first-order valence-corrected chi connectivity index (χ1v) is 17.8. The van der Waals surface area contributed by atoms with Crippen molar-refractivity contribution in [2.24, 2.45) is 5.16 Å². The van der Waals surface area contributed by atoms with Gasteiger partial charge in [0, 0.05) is 16.9 Å². The molecule has 0 spiro atoms. The molecule has 0 radical (unpaired) electrons. The summed E-state index contributed by atoms with van der Waals surface area (Å²) < 4.78 is 11.8. The number of benzene rings is 4. The molecule has 52 heavy (non-hydrogen) atoms. The van der Waals surface area contributed by atoms with Crippen molar-refractivity contribution in [3.63, 3.8) is 0 Å². The van der Waals surface area contributed by atoms with Gasteiger partial charge in [-0.25, -0.2) is 14.4 Å². The van der Waals surface area contributed by atoms with Crippen molar-refractivity contribution in [1.29, 1.82) is 0 Å². The Bertz CT molecular complexity index is 1980. The number of amides is 2. The van der Waals surface area contributed by atoms with E-state index in [1.807, 2.05) is 60.7 Å². The quantitative estimate of drug-likeness (QED) is 0.0490. The lowest BCUT2D eigenvalue weighted by Crippen LogP contribution is -2.71. The highest BCUT2D eigenvalue weighted by Gasteiger charge is 2.55. The Labute approximate surface area is 312 Å². The number of nitrogens with zero attached hydrogens (tertiary/aromatic N) is 2. The van der Waals surface area contributed by atoms with E-state index >= 15 is 0 Å². The van der Waals surface area contributed by atoms with Crippen LogP contribution in [0.5, 0.6) is 0 Å². The van der Waals surface area contributed by atoms with Crippen LogP contribution in [0.25, 0.3) is 0 Å². The molecule has 2 heterocycles. The van der Waals surface area contributed by atoms with Crippen LogP contribution in [-0.2, 0) is 33.5 Å². The van der Waals surface area contributed by atoms with E-state index < -0.39 is 52.1 Å². The third kappa shape index (κ3) is 8.20. The number of hydrogen-bond acceptors (Lipinski definition) is 10. The minimum atomic E-state index is -1.54. The number of thioether (sulfide) groups is 1. The van der Waals surface area contributed by atoms with Crippen LogP contribution < -0.4 is 5.32 Å². The fourth-order valence-electron chi connectivity index (χ4n) is 5.50. The van der Waals surface area contributed by atoms with Gasteiger partial charge in [0.25, 0.3) is 11.8 Å². The van der Waals surface area contributed by atoms with Crippen LogP contribution in [0, 0.1) is 0 Å². The summed E-state index contributed by atoms with van der Waals surface area (Å²) >= 11 is 12.4. The van der Waals surface area contributed by atoms with E-state index in [0.717, 1.165) is 0 Å². The van der Waals surface area contributed by atoms with Gasteiger partial charge in [-0.3, -0.25) is 14.5 Å². The number of ether oxygens (including phenoxy) is 2. The van der Waals surface area contributed by atoms with E-state index in [1.54, 1.807) is 60.7 Å². The second-order valence-electron chi connectivity index (χ2n) is 11.4. The summed E-state index contributed by atoms with van der Waals surface area (Å²) in [6.07, 6.45) is -0.830. The number of oxime groups is 1. The highest BCUT2D eigenvalue weighted by molar-refractivity contribution is 8.00. The van der Waals surface area contributed by atoms with E-state index in [-0.39, 0.29) is 29.3 Å². The summed E-state index contributed by atoms with van der Waals surface area (Å²) in [6.45, 7) is -0.293. The molecule has 0 aliphatic carbocycles. The molecule has 0 aromatic heterocycles. The first-order valence-electron chi connectivity index (χ1n) is 15.9. The second-order valence-corrected chi connectivity index (χ2v) is 13.6. The van der Waals surface area contributed by atoms with Crippen molar-refractivity contribution in [3.8, 4) is 0 Å². The van der Waals surface area contributed by atoms with E-state index in [2.05, 4.69) is 10.5 Å². The molecule has 2 aliphatic heterocycles. The number of β-lactam (4-membered cyclic amide) rings is 1. The average molecular weight is 759 g/mol. The molecule has 14 heteroatoms. The molecule has 1 fully saturated rings. The summed E-state index contributed by atoms with van der Waals surface area (Å²) in [5, 5.41) is 5.60. The number of halogens is 2. The van der Waals surface area contributed by atoms with Crippen molar-refractivity contribution < 1.29 is 38.3 Å². The smallest absolute Gasteiger partial charge is 0.367 e. The third-order valence-corrected chi connectivity index (χ3v) is 9.71. The number of alkyl halides is 2. The van der Waals surface area contributed by atoms with Crippen molar-refractivity contribution in [1.82, 2.24) is 10.2 Å². The third-order valence-electron chi connectivity index (χ3n) is 8.01. The van der Waals surface area contributed by atoms with Gasteiger partial charge in [-0.05, 0) is 23.3 Å². The number of fused-ring (bicyclic) bond motifs is 1. The standard InChI is InChI=1S/C38H29Cl2N3O8S/c39-32(40)38(48)51-42-28(23-13-5-1-6-14-23)33(44)41-29-34(45)43-30(27(22-52-35(29)43)21-49-36(46)26-19-11-4-12-20-26)37(47)50-31(24-15-7-2-8-16-24)25-17-9-3-10-18-25/h1-20,29,31-32,35H,21-22H2,(H,41,44)/t29-,35-/m1/s1. The maximum Gasteiger partial charge on any atom is 0.367 e. The van der Waals surface area contributed by atoms with Crippen LogP contribution in [0.4, 0.5) is 0 Å². The number of rotatable bonds is 12. The van der Waals surface area contributed by atoms with Gasteiger partial charge in [0.1, 0.15) is 23.7 Å². The summed E-state index contributed by atoms with van der Waals surface area (Å²) in [6, 6.07) is 33.7. The molecular weight excluding hydrogens is 729 g/mol. The molecule has 0 unspecified atom stereocenters. The van der Waals surface area contributed by atoms with Crippen molar-refractivity contribution in [3.05, 3.63) is 155 Å². The number of nitrogens with one attached hydrogen (secondary N) is 1. The van der Waals surface area contributed by atoms with Crippen LogP contribution in [0.15, 0.2) is 138 Å². The first-order chi connectivity index (χ1) is 25.2. The number of carbonyl (C=O) groups excluding carboxylic acids is 5. The maximum absolute atomic E-state index is 14.2. The van der Waals surface area contributed by atoms with Gasteiger partial charge in [0.15, 0.2) is 11.8 Å². The van der Waals surface area contributed by atoms with Crippen LogP contribution in [-0.4, -0.2) is 68.9 Å². The average Bonchev–Trinajstić information content (AvgIpc) is 3.18. The molecule has 0 bridgehead atoms. The number of carbonyl (C=O) groups is 5. The van der Waals surface area contributed by atoms with Crippen molar-refractivity contribution in [2.75, 3.05) is 12.4 Å². The van der Waals surface area contributed by atoms with Gasteiger partial charge in [-0.15, -0.1) is 11.8 Å². The molecule has 11 nitrogen and oxygen atoms in total. The molecule has 4 aromatic rings. The Kier molecular flexibility index (Phi) is 11.7. The normalized spacial score (nSPS) is 16.9. The zero-order valence-corrected chi connectivity index (χ0v) is 29.4. The fraction of sp³-hybridized carbons (Fsp3) is 0.158. The Morgan fingerprint density at radius 1 is 0.788 bits per heavy atom. The minimum absolute atomic E-state index is 0.0851. The Hall–Kier alpha value is -5.43. The van der Waals surface area contributed by atoms with Gasteiger partial charge in [0.2, 0.25) is 4.84 Å². The van der Waals surface area contributed by atoms with E-state index in [1.165, 1.54) is 16.7 Å². The molecule has 2 aliphatic rings. The van der Waals surface area contributed by atoms with Crippen LogP contribution in [0.1, 0.15) is 33.2 Å². The SMILES string of the molecule is O=C(N[C@@H]1C(=O)N2C(C(=O)OC(c3ccccc3)c3ccccc3)=C(COC(=O)c3ccccc3)CS[C@H]12)C(=NOC(=O)C(Cl)Cl)c1ccccc1. The topological polar surface area (TPSA) is 141 Å². The van der Waals surface area contributed by atoms with Gasteiger partial charge < -0.3 is 19.6 Å². The molecular formula is C38H29Cl2N3O8S. The summed E-state index contributed by atoms with van der Waals surface area (Å²) in [5.41, 5.74) is 1.95. The predicted octanol–water partition coefficient (Wildman–Crippen LogP) is 5.58. The fourth-order valence-corrected chi connectivity index (χ4v) is 6.91. The van der Waals surface area contributed by atoms with E-state index in [4.69, 9.17) is 37.5 Å². The van der Waals surface area contributed by atoms with Crippen LogP contribution >= 0.6 is 35.0 Å². The molecule has 1 N–H and O–H groups in total. The molecule has 0 saturated carbocycles. The zero-order valence-electron chi connectivity index (χ0n) is 27.1. The van der Waals surface area contributed by atoms with Crippen LogP contribution in [0.2, 0.25) is 0 Å². The molecule has 2 atom stereocenters. The van der Waals surface area contributed by atoms with E-state index in [0.29, 0.717) is 22.3 Å².